The SMILES string of the molecule is Cc1ccc(C)c(CC2(CBr)CCOC2C)c1. The Balaban J connectivity index is 2.27. The van der Waals surface area contributed by atoms with Gasteiger partial charge < -0.3 is 4.74 Å². The minimum atomic E-state index is 0.276. The number of alkyl halides is 1. The predicted molar refractivity (Wildman–Crippen MR) is 75.9 cm³/mol. The molecule has 94 valence electrons. The molecule has 0 aromatic heterocycles. The second kappa shape index (κ2) is 5.11. The van der Waals surface area contributed by atoms with Gasteiger partial charge in [0.05, 0.1) is 6.10 Å². The number of rotatable bonds is 3. The first-order valence-corrected chi connectivity index (χ1v) is 7.43. The van der Waals surface area contributed by atoms with Crippen LogP contribution in [0.25, 0.3) is 0 Å². The summed E-state index contributed by atoms with van der Waals surface area (Å²) in [5.74, 6) is 0. The molecule has 0 bridgehead atoms. The van der Waals surface area contributed by atoms with E-state index in [1.165, 1.54) is 16.7 Å². The Morgan fingerprint density at radius 3 is 2.76 bits per heavy atom. The molecule has 1 heterocycles. The molecule has 0 N–H and O–H groups in total. The molecule has 1 aromatic rings. The second-order valence-electron chi connectivity index (χ2n) is 5.37. The van der Waals surface area contributed by atoms with Gasteiger partial charge in [-0.2, -0.15) is 0 Å². The molecular formula is C15H21BrO. The number of hydrogen-bond acceptors (Lipinski definition) is 1. The molecule has 1 saturated heterocycles. The highest BCUT2D eigenvalue weighted by Gasteiger charge is 2.40. The van der Waals surface area contributed by atoms with Crippen LogP contribution < -0.4 is 0 Å². The predicted octanol–water partition coefficient (Wildman–Crippen LogP) is 4.04. The summed E-state index contributed by atoms with van der Waals surface area (Å²) in [7, 11) is 0. The van der Waals surface area contributed by atoms with Crippen molar-refractivity contribution in [1.29, 1.82) is 0 Å². The highest BCUT2D eigenvalue weighted by atomic mass is 79.9. The summed E-state index contributed by atoms with van der Waals surface area (Å²) in [6, 6.07) is 6.74. The Morgan fingerprint density at radius 2 is 2.18 bits per heavy atom. The largest absolute Gasteiger partial charge is 0.378 e. The van der Waals surface area contributed by atoms with E-state index in [0.717, 1.165) is 24.8 Å². The molecule has 1 nitrogen and oxygen atoms in total. The zero-order valence-electron chi connectivity index (χ0n) is 10.9. The van der Waals surface area contributed by atoms with Crippen LogP contribution in [0.4, 0.5) is 0 Å². The van der Waals surface area contributed by atoms with E-state index in [1.807, 2.05) is 0 Å². The lowest BCUT2D eigenvalue weighted by molar-refractivity contribution is 0.0746. The van der Waals surface area contributed by atoms with Crippen LogP contribution in [0.2, 0.25) is 0 Å². The minimum Gasteiger partial charge on any atom is -0.378 e. The topological polar surface area (TPSA) is 9.23 Å². The van der Waals surface area contributed by atoms with Gasteiger partial charge in [0, 0.05) is 17.4 Å². The van der Waals surface area contributed by atoms with Crippen molar-refractivity contribution in [3.05, 3.63) is 34.9 Å². The molecule has 1 aromatic carbocycles. The van der Waals surface area contributed by atoms with Gasteiger partial charge in [-0.05, 0) is 44.7 Å². The zero-order valence-corrected chi connectivity index (χ0v) is 12.5. The van der Waals surface area contributed by atoms with Crippen LogP contribution in [0.1, 0.15) is 30.0 Å². The Kier molecular flexibility index (Phi) is 3.94. The van der Waals surface area contributed by atoms with Crippen molar-refractivity contribution < 1.29 is 4.74 Å². The molecular weight excluding hydrogens is 276 g/mol. The fraction of sp³-hybridized carbons (Fsp3) is 0.600. The van der Waals surface area contributed by atoms with E-state index in [0.29, 0.717) is 6.10 Å². The summed E-state index contributed by atoms with van der Waals surface area (Å²) in [5, 5.41) is 1.02. The number of hydrogen-bond donors (Lipinski definition) is 0. The Hall–Kier alpha value is -0.340. The van der Waals surface area contributed by atoms with E-state index in [1.54, 1.807) is 0 Å². The highest BCUT2D eigenvalue weighted by Crippen LogP contribution is 2.40. The van der Waals surface area contributed by atoms with Gasteiger partial charge in [-0.3, -0.25) is 0 Å². The third-order valence-corrected chi connectivity index (χ3v) is 5.26. The molecule has 2 atom stereocenters. The van der Waals surface area contributed by atoms with Gasteiger partial charge in [-0.1, -0.05) is 39.7 Å². The van der Waals surface area contributed by atoms with E-state index < -0.39 is 0 Å². The van der Waals surface area contributed by atoms with Crippen LogP contribution in [0.5, 0.6) is 0 Å². The van der Waals surface area contributed by atoms with Gasteiger partial charge in [-0.25, -0.2) is 0 Å². The highest BCUT2D eigenvalue weighted by molar-refractivity contribution is 9.09. The van der Waals surface area contributed by atoms with Crippen LogP contribution >= 0.6 is 15.9 Å². The molecule has 1 aliphatic rings. The Morgan fingerprint density at radius 1 is 1.41 bits per heavy atom. The average Bonchev–Trinajstić information content (AvgIpc) is 2.66. The lowest BCUT2D eigenvalue weighted by Gasteiger charge is -2.31. The second-order valence-corrected chi connectivity index (χ2v) is 5.93. The van der Waals surface area contributed by atoms with E-state index in [2.05, 4.69) is 54.9 Å². The standard InChI is InChI=1S/C15H21BrO/c1-11-4-5-12(2)14(8-11)9-15(10-16)6-7-17-13(15)3/h4-5,8,13H,6-7,9-10H2,1-3H3. The minimum absolute atomic E-state index is 0.276. The average molecular weight is 297 g/mol. The normalized spacial score (nSPS) is 28.6. The lowest BCUT2D eigenvalue weighted by Crippen LogP contribution is -2.33. The molecule has 0 saturated carbocycles. The fourth-order valence-corrected chi connectivity index (χ4v) is 3.58. The van der Waals surface area contributed by atoms with Crippen molar-refractivity contribution in [2.75, 3.05) is 11.9 Å². The van der Waals surface area contributed by atoms with Gasteiger partial charge in [0.15, 0.2) is 0 Å². The molecule has 0 amide bonds. The summed E-state index contributed by atoms with van der Waals surface area (Å²) in [6.07, 6.45) is 2.63. The van der Waals surface area contributed by atoms with E-state index in [9.17, 15) is 0 Å². The van der Waals surface area contributed by atoms with Crippen LogP contribution in [-0.4, -0.2) is 18.0 Å². The number of aryl methyl sites for hydroxylation is 2. The third kappa shape index (κ3) is 2.58. The molecule has 1 aliphatic heterocycles. The van der Waals surface area contributed by atoms with Crippen molar-refractivity contribution in [3.8, 4) is 0 Å². The molecule has 17 heavy (non-hydrogen) atoms. The van der Waals surface area contributed by atoms with Gasteiger partial charge in [0.25, 0.3) is 0 Å². The van der Waals surface area contributed by atoms with Crippen molar-refractivity contribution >= 4 is 15.9 Å². The van der Waals surface area contributed by atoms with Crippen molar-refractivity contribution in [3.63, 3.8) is 0 Å². The van der Waals surface area contributed by atoms with Crippen molar-refractivity contribution in [1.82, 2.24) is 0 Å². The van der Waals surface area contributed by atoms with Crippen molar-refractivity contribution in [2.24, 2.45) is 5.41 Å². The van der Waals surface area contributed by atoms with Gasteiger partial charge in [0.2, 0.25) is 0 Å². The Labute approximate surface area is 113 Å². The molecule has 1 fully saturated rings. The number of ether oxygens (including phenoxy) is 1. The summed E-state index contributed by atoms with van der Waals surface area (Å²) < 4.78 is 5.77. The lowest BCUT2D eigenvalue weighted by atomic mass is 9.77. The third-order valence-electron chi connectivity index (χ3n) is 4.14. The molecule has 2 rings (SSSR count). The maximum Gasteiger partial charge on any atom is 0.0615 e. The van der Waals surface area contributed by atoms with Gasteiger partial charge in [-0.15, -0.1) is 0 Å². The summed E-state index contributed by atoms with van der Waals surface area (Å²) in [4.78, 5) is 0. The maximum absolute atomic E-state index is 5.77. The molecule has 0 spiro atoms. The molecule has 0 aliphatic carbocycles. The van der Waals surface area contributed by atoms with Crippen LogP contribution in [0.15, 0.2) is 18.2 Å². The number of benzene rings is 1. The first kappa shape index (κ1) is 13.1. The van der Waals surface area contributed by atoms with Crippen LogP contribution in [0.3, 0.4) is 0 Å². The van der Waals surface area contributed by atoms with Gasteiger partial charge in [0.1, 0.15) is 0 Å². The fourth-order valence-electron chi connectivity index (χ4n) is 2.64. The molecule has 2 heteroatoms. The maximum atomic E-state index is 5.77. The van der Waals surface area contributed by atoms with E-state index in [4.69, 9.17) is 4.74 Å². The first-order chi connectivity index (χ1) is 8.07. The quantitative estimate of drug-likeness (QED) is 0.765. The van der Waals surface area contributed by atoms with E-state index >= 15 is 0 Å². The first-order valence-electron chi connectivity index (χ1n) is 6.31. The molecule has 2 unspecified atom stereocenters. The van der Waals surface area contributed by atoms with E-state index in [-0.39, 0.29) is 5.41 Å². The summed E-state index contributed by atoms with van der Waals surface area (Å²) >= 11 is 3.69. The molecule has 0 radical (unpaired) electrons. The zero-order chi connectivity index (χ0) is 12.5. The van der Waals surface area contributed by atoms with Crippen LogP contribution in [-0.2, 0) is 11.2 Å². The number of halogens is 1. The summed E-state index contributed by atoms with van der Waals surface area (Å²) in [6.45, 7) is 7.48. The smallest absolute Gasteiger partial charge is 0.0615 e. The monoisotopic (exact) mass is 296 g/mol. The summed E-state index contributed by atoms with van der Waals surface area (Å²) in [5.41, 5.74) is 4.50. The van der Waals surface area contributed by atoms with Crippen molar-refractivity contribution in [2.45, 2.75) is 39.7 Å². The van der Waals surface area contributed by atoms with Gasteiger partial charge >= 0.3 is 0 Å². The van der Waals surface area contributed by atoms with Crippen LogP contribution in [0, 0.1) is 19.3 Å². The Bertz CT molecular complexity index is 402.